The van der Waals surface area contributed by atoms with Crippen molar-refractivity contribution in [1.82, 2.24) is 15.1 Å². The first-order valence-corrected chi connectivity index (χ1v) is 11.3. The molecule has 8 heteroatoms. The number of aromatic nitrogens is 2. The van der Waals surface area contributed by atoms with E-state index in [9.17, 15) is 14.7 Å². The summed E-state index contributed by atoms with van der Waals surface area (Å²) in [5, 5.41) is 17.9. The second-order valence-corrected chi connectivity index (χ2v) is 8.86. The van der Waals surface area contributed by atoms with Crippen molar-refractivity contribution in [2.45, 2.75) is 45.1 Å². The molecule has 3 aromatic rings. The van der Waals surface area contributed by atoms with E-state index < -0.39 is 5.97 Å². The van der Waals surface area contributed by atoms with Gasteiger partial charge in [0.1, 0.15) is 0 Å². The third-order valence-corrected chi connectivity index (χ3v) is 6.37. The van der Waals surface area contributed by atoms with Crippen molar-refractivity contribution in [3.63, 3.8) is 0 Å². The smallest absolute Gasteiger partial charge is 0.335 e. The lowest BCUT2D eigenvalue weighted by Gasteiger charge is -2.22. The van der Waals surface area contributed by atoms with Crippen LogP contribution in [-0.2, 0) is 0 Å². The Morgan fingerprint density at radius 1 is 1.06 bits per heavy atom. The van der Waals surface area contributed by atoms with Gasteiger partial charge in [0.15, 0.2) is 5.69 Å². The quantitative estimate of drug-likeness (QED) is 0.483. The fourth-order valence-electron chi connectivity index (χ4n) is 4.14. The summed E-state index contributed by atoms with van der Waals surface area (Å²) < 4.78 is 1.63. The average molecular weight is 472 g/mol. The van der Waals surface area contributed by atoms with Crippen LogP contribution in [-0.4, -0.2) is 32.8 Å². The molecule has 0 unspecified atom stereocenters. The van der Waals surface area contributed by atoms with Gasteiger partial charge in [0.2, 0.25) is 0 Å². The number of nitrogens with one attached hydrogen (secondary N) is 1. The lowest BCUT2D eigenvalue weighted by Crippen LogP contribution is -2.36. The highest BCUT2D eigenvalue weighted by molar-refractivity contribution is 6.36. The fraction of sp³-hybridized carbons (Fsp3) is 0.292. The minimum atomic E-state index is -1.01. The third kappa shape index (κ3) is 4.52. The van der Waals surface area contributed by atoms with E-state index in [2.05, 4.69) is 10.4 Å². The van der Waals surface area contributed by atoms with Crippen LogP contribution in [0, 0.1) is 6.92 Å². The molecule has 0 radical (unpaired) electrons. The number of halogens is 2. The van der Waals surface area contributed by atoms with Crippen LogP contribution in [0.3, 0.4) is 0 Å². The average Bonchev–Trinajstić information content (AvgIpc) is 3.11. The lowest BCUT2D eigenvalue weighted by atomic mass is 9.95. The second-order valence-electron chi connectivity index (χ2n) is 8.02. The minimum Gasteiger partial charge on any atom is -0.478 e. The molecule has 0 spiro atoms. The number of carbonyl (C=O) groups excluding carboxylic acids is 1. The van der Waals surface area contributed by atoms with Crippen molar-refractivity contribution < 1.29 is 14.7 Å². The summed E-state index contributed by atoms with van der Waals surface area (Å²) in [7, 11) is 0. The summed E-state index contributed by atoms with van der Waals surface area (Å²) in [4.78, 5) is 24.4. The van der Waals surface area contributed by atoms with Gasteiger partial charge in [0.25, 0.3) is 5.91 Å². The van der Waals surface area contributed by atoms with Gasteiger partial charge in [0, 0.05) is 22.2 Å². The topological polar surface area (TPSA) is 84.2 Å². The van der Waals surface area contributed by atoms with Crippen LogP contribution in [0.15, 0.2) is 42.5 Å². The van der Waals surface area contributed by atoms with E-state index in [-0.39, 0.29) is 17.5 Å². The van der Waals surface area contributed by atoms with Crippen LogP contribution in [0.5, 0.6) is 0 Å². The first-order chi connectivity index (χ1) is 15.3. The van der Waals surface area contributed by atoms with Crippen molar-refractivity contribution >= 4 is 35.1 Å². The third-order valence-electron chi connectivity index (χ3n) is 5.82. The van der Waals surface area contributed by atoms with Gasteiger partial charge in [-0.25, -0.2) is 9.48 Å². The SMILES string of the molecule is Cc1c(C(=O)NC2CCCCC2)nn(-c2ccc(C(=O)O)cc2)c1-c1ccc(Cl)cc1Cl. The van der Waals surface area contributed by atoms with Crippen molar-refractivity contribution in [3.05, 3.63) is 69.3 Å². The molecular formula is C24H23Cl2N3O3. The summed E-state index contributed by atoms with van der Waals surface area (Å²) in [5.41, 5.74) is 3.13. The van der Waals surface area contributed by atoms with E-state index in [1.54, 1.807) is 35.0 Å². The zero-order valence-corrected chi connectivity index (χ0v) is 19.1. The molecule has 0 atom stereocenters. The molecule has 1 fully saturated rings. The number of carbonyl (C=O) groups is 2. The van der Waals surface area contributed by atoms with Gasteiger partial charge < -0.3 is 10.4 Å². The molecule has 1 aromatic heterocycles. The van der Waals surface area contributed by atoms with Crippen LogP contribution in [0.2, 0.25) is 10.0 Å². The fourth-order valence-corrected chi connectivity index (χ4v) is 4.64. The Morgan fingerprint density at radius 3 is 2.38 bits per heavy atom. The number of hydrogen-bond donors (Lipinski definition) is 2. The maximum atomic E-state index is 13.1. The second kappa shape index (κ2) is 9.35. The standard InChI is InChI=1S/C24H23Cl2N3O3/c1-14-21(23(30)27-17-5-3-2-4-6-17)28-29(18-10-7-15(8-11-18)24(31)32)22(14)19-12-9-16(25)13-20(19)26/h7-13,17H,2-6H2,1H3,(H,27,30)(H,31,32). The molecule has 6 nitrogen and oxygen atoms in total. The highest BCUT2D eigenvalue weighted by Gasteiger charge is 2.25. The molecule has 0 aliphatic heterocycles. The molecule has 32 heavy (non-hydrogen) atoms. The Labute approximate surface area is 196 Å². The lowest BCUT2D eigenvalue weighted by molar-refractivity contribution is 0.0696. The minimum absolute atomic E-state index is 0.151. The number of aromatic carboxylic acids is 1. The van der Waals surface area contributed by atoms with Gasteiger partial charge in [-0.15, -0.1) is 0 Å². The van der Waals surface area contributed by atoms with Crippen LogP contribution < -0.4 is 5.32 Å². The molecule has 1 aliphatic rings. The Balaban J connectivity index is 1.80. The summed E-state index contributed by atoms with van der Waals surface area (Å²) in [6.45, 7) is 1.84. The van der Waals surface area contributed by atoms with Gasteiger partial charge in [-0.1, -0.05) is 42.5 Å². The summed E-state index contributed by atoms with van der Waals surface area (Å²) in [6, 6.07) is 11.6. The normalized spacial score (nSPS) is 14.3. The predicted octanol–water partition coefficient (Wildman–Crippen LogP) is 5.92. The molecule has 4 rings (SSSR count). The van der Waals surface area contributed by atoms with Crippen molar-refractivity contribution in [1.29, 1.82) is 0 Å². The number of hydrogen-bond acceptors (Lipinski definition) is 3. The van der Waals surface area contributed by atoms with E-state index in [4.69, 9.17) is 23.2 Å². The Kier molecular flexibility index (Phi) is 6.53. The van der Waals surface area contributed by atoms with Crippen LogP contribution in [0.25, 0.3) is 16.9 Å². The van der Waals surface area contributed by atoms with E-state index in [0.717, 1.165) is 25.7 Å². The number of carboxylic acids is 1. The Morgan fingerprint density at radius 2 is 1.75 bits per heavy atom. The maximum Gasteiger partial charge on any atom is 0.335 e. The number of nitrogens with zero attached hydrogens (tertiary/aromatic N) is 2. The summed E-state index contributed by atoms with van der Waals surface area (Å²) in [5.74, 6) is -1.23. The first kappa shape index (κ1) is 22.4. The number of rotatable bonds is 5. The Hall–Kier alpha value is -2.83. The first-order valence-electron chi connectivity index (χ1n) is 10.5. The summed E-state index contributed by atoms with van der Waals surface area (Å²) >= 11 is 12.6. The van der Waals surface area contributed by atoms with Gasteiger partial charge in [-0.05, 0) is 62.2 Å². The molecule has 1 saturated carbocycles. The number of benzene rings is 2. The van der Waals surface area contributed by atoms with Crippen LogP contribution >= 0.6 is 23.2 Å². The van der Waals surface area contributed by atoms with Gasteiger partial charge in [0.05, 0.1) is 22.0 Å². The molecule has 0 saturated heterocycles. The van der Waals surface area contributed by atoms with Crippen LogP contribution in [0.1, 0.15) is 58.5 Å². The van der Waals surface area contributed by atoms with E-state index in [1.807, 2.05) is 6.92 Å². The molecule has 1 amide bonds. The highest BCUT2D eigenvalue weighted by Crippen LogP contribution is 2.35. The molecule has 166 valence electrons. The van der Waals surface area contributed by atoms with Crippen LogP contribution in [0.4, 0.5) is 0 Å². The van der Waals surface area contributed by atoms with E-state index >= 15 is 0 Å². The maximum absolute atomic E-state index is 13.1. The van der Waals surface area contributed by atoms with Gasteiger partial charge in [-0.3, -0.25) is 4.79 Å². The Bertz CT molecular complexity index is 1170. The zero-order valence-electron chi connectivity index (χ0n) is 17.6. The highest BCUT2D eigenvalue weighted by atomic mass is 35.5. The summed E-state index contributed by atoms with van der Waals surface area (Å²) in [6.07, 6.45) is 5.36. The van der Waals surface area contributed by atoms with Crippen molar-refractivity contribution in [2.24, 2.45) is 0 Å². The van der Waals surface area contributed by atoms with Gasteiger partial charge in [-0.2, -0.15) is 5.10 Å². The molecule has 1 aliphatic carbocycles. The largest absolute Gasteiger partial charge is 0.478 e. The molecule has 0 bridgehead atoms. The number of carboxylic acid groups (broad SMARTS) is 1. The molecule has 1 heterocycles. The monoisotopic (exact) mass is 471 g/mol. The van der Waals surface area contributed by atoms with E-state index in [0.29, 0.717) is 38.2 Å². The van der Waals surface area contributed by atoms with Crippen molar-refractivity contribution in [3.8, 4) is 16.9 Å². The molecular weight excluding hydrogens is 449 g/mol. The predicted molar refractivity (Wildman–Crippen MR) is 125 cm³/mol. The molecule has 2 aromatic carbocycles. The zero-order chi connectivity index (χ0) is 22.8. The van der Waals surface area contributed by atoms with Gasteiger partial charge >= 0.3 is 5.97 Å². The van der Waals surface area contributed by atoms with Crippen molar-refractivity contribution in [2.75, 3.05) is 0 Å². The van der Waals surface area contributed by atoms with E-state index in [1.165, 1.54) is 18.6 Å². The molecule has 2 N–H and O–H groups in total. The number of amides is 1.